The molecule has 4 heterocycles. The number of hydrogen-bond donors (Lipinski definition) is 2. The van der Waals surface area contributed by atoms with Crippen LogP contribution in [-0.2, 0) is 21.4 Å². The van der Waals surface area contributed by atoms with E-state index in [1.54, 1.807) is 7.11 Å². The van der Waals surface area contributed by atoms with Gasteiger partial charge in [-0.1, -0.05) is 13.3 Å². The van der Waals surface area contributed by atoms with E-state index in [1.165, 1.54) is 12.7 Å². The summed E-state index contributed by atoms with van der Waals surface area (Å²) in [7, 11) is 3.18. The maximum absolute atomic E-state index is 13.4. The number of rotatable bonds is 4. The Morgan fingerprint density at radius 1 is 1.38 bits per heavy atom. The van der Waals surface area contributed by atoms with Crippen LogP contribution in [0.15, 0.2) is 18.2 Å². The molecule has 4 aliphatic rings. The van der Waals surface area contributed by atoms with Crippen LogP contribution in [0.2, 0.25) is 0 Å². The summed E-state index contributed by atoms with van der Waals surface area (Å²) in [6, 6.07) is 6.24. The van der Waals surface area contributed by atoms with E-state index in [1.807, 2.05) is 12.1 Å². The summed E-state index contributed by atoms with van der Waals surface area (Å²) < 4.78 is 10.9. The van der Waals surface area contributed by atoms with Gasteiger partial charge in [-0.05, 0) is 54.9 Å². The summed E-state index contributed by atoms with van der Waals surface area (Å²) in [5.41, 5.74) is 2.56. The smallest absolute Gasteiger partial charge is 0.319 e. The predicted octanol–water partition coefficient (Wildman–Crippen LogP) is 2.62. The highest BCUT2D eigenvalue weighted by Gasteiger charge is 2.64. The monoisotopic (exact) mass is 398 g/mol. The fraction of sp³-hybridized carbons (Fsp3) is 0.609. The van der Waals surface area contributed by atoms with E-state index in [2.05, 4.69) is 22.9 Å². The molecule has 0 amide bonds. The minimum Gasteiger partial charge on any atom is -0.497 e. The highest BCUT2D eigenvalue weighted by atomic mass is 16.5. The molecule has 6 nitrogen and oxygen atoms in total. The zero-order valence-electron chi connectivity index (χ0n) is 17.4. The van der Waals surface area contributed by atoms with Crippen LogP contribution >= 0.6 is 0 Å². The molecule has 2 aromatic rings. The van der Waals surface area contributed by atoms with Crippen molar-refractivity contribution in [3.8, 4) is 5.75 Å². The van der Waals surface area contributed by atoms with E-state index in [0.29, 0.717) is 11.8 Å². The Morgan fingerprint density at radius 3 is 2.90 bits per heavy atom. The van der Waals surface area contributed by atoms with Crippen molar-refractivity contribution in [2.24, 2.45) is 11.8 Å². The Bertz CT molecular complexity index is 954. The van der Waals surface area contributed by atoms with Gasteiger partial charge in [0.2, 0.25) is 0 Å². The average molecular weight is 399 g/mol. The number of esters is 1. The molecule has 6 heteroatoms. The van der Waals surface area contributed by atoms with Gasteiger partial charge in [-0.3, -0.25) is 9.69 Å². The quantitative estimate of drug-likeness (QED) is 0.775. The van der Waals surface area contributed by atoms with Gasteiger partial charge >= 0.3 is 5.97 Å². The molecule has 6 atom stereocenters. The van der Waals surface area contributed by atoms with Crippen molar-refractivity contribution in [1.82, 2.24) is 9.88 Å². The first kappa shape index (κ1) is 18.9. The van der Waals surface area contributed by atoms with Crippen molar-refractivity contribution in [2.75, 3.05) is 27.4 Å². The number of aliphatic hydroxyl groups is 1. The number of fused-ring (bicyclic) bond motifs is 4. The van der Waals surface area contributed by atoms with Crippen LogP contribution in [0, 0.1) is 11.8 Å². The Morgan fingerprint density at radius 2 is 2.21 bits per heavy atom. The second-order valence-electron chi connectivity index (χ2n) is 8.88. The highest BCUT2D eigenvalue weighted by molar-refractivity contribution is 5.92. The Labute approximate surface area is 171 Å². The lowest BCUT2D eigenvalue weighted by Crippen LogP contribution is -2.70. The summed E-state index contributed by atoms with van der Waals surface area (Å²) in [6.45, 7) is 3.22. The van der Waals surface area contributed by atoms with Crippen LogP contribution < -0.4 is 4.74 Å². The van der Waals surface area contributed by atoms with Gasteiger partial charge in [-0.15, -0.1) is 0 Å². The van der Waals surface area contributed by atoms with Gasteiger partial charge in [0.1, 0.15) is 11.2 Å². The van der Waals surface area contributed by atoms with Crippen molar-refractivity contribution in [2.45, 2.75) is 50.1 Å². The number of carbonyl (C=O) groups is 1. The number of piperidine rings is 2. The number of hydrogen-bond acceptors (Lipinski definition) is 5. The van der Waals surface area contributed by atoms with Gasteiger partial charge in [0.25, 0.3) is 0 Å². The minimum absolute atomic E-state index is 0.0539. The first-order valence-corrected chi connectivity index (χ1v) is 10.7. The van der Waals surface area contributed by atoms with Gasteiger partial charge in [-0.25, -0.2) is 0 Å². The molecule has 2 N–H and O–H groups in total. The molecule has 3 fully saturated rings. The molecule has 3 unspecified atom stereocenters. The lowest BCUT2D eigenvalue weighted by molar-refractivity contribution is -0.169. The van der Waals surface area contributed by atoms with E-state index in [9.17, 15) is 9.90 Å². The van der Waals surface area contributed by atoms with Gasteiger partial charge in [0.15, 0.2) is 0 Å². The number of aromatic nitrogens is 1. The average Bonchev–Trinajstić information content (AvgIpc) is 3.09. The molecule has 3 aliphatic heterocycles. The summed E-state index contributed by atoms with van der Waals surface area (Å²) in [6.07, 6.45) is 3.64. The minimum atomic E-state index is -0.700. The number of nitrogens with zero attached hydrogens (tertiary/aromatic N) is 1. The lowest BCUT2D eigenvalue weighted by Gasteiger charge is -2.60. The molecule has 2 saturated heterocycles. The Balaban J connectivity index is 1.75. The third-order valence-corrected chi connectivity index (χ3v) is 8.02. The molecule has 29 heavy (non-hydrogen) atoms. The number of aliphatic hydroxyl groups excluding tert-OH is 1. The lowest BCUT2D eigenvalue weighted by atomic mass is 9.54. The summed E-state index contributed by atoms with van der Waals surface area (Å²) in [5.74, 6) is 1.50. The third kappa shape index (κ3) is 2.39. The van der Waals surface area contributed by atoms with E-state index < -0.39 is 5.41 Å². The van der Waals surface area contributed by atoms with Crippen molar-refractivity contribution < 1.29 is 19.4 Å². The number of H-pyrrole nitrogens is 1. The maximum Gasteiger partial charge on any atom is 0.319 e. The molecular weight excluding hydrogens is 368 g/mol. The van der Waals surface area contributed by atoms with E-state index in [0.717, 1.165) is 54.6 Å². The van der Waals surface area contributed by atoms with Crippen LogP contribution in [0.25, 0.3) is 10.9 Å². The van der Waals surface area contributed by atoms with Crippen molar-refractivity contribution in [3.63, 3.8) is 0 Å². The number of benzene rings is 1. The van der Waals surface area contributed by atoms with Crippen LogP contribution in [0.3, 0.4) is 0 Å². The van der Waals surface area contributed by atoms with Crippen LogP contribution in [0.4, 0.5) is 0 Å². The van der Waals surface area contributed by atoms with Crippen molar-refractivity contribution in [3.05, 3.63) is 29.5 Å². The van der Waals surface area contributed by atoms with Crippen molar-refractivity contribution in [1.29, 1.82) is 0 Å². The van der Waals surface area contributed by atoms with Gasteiger partial charge in [0, 0.05) is 35.2 Å². The maximum atomic E-state index is 13.4. The van der Waals surface area contributed by atoms with Gasteiger partial charge in [-0.2, -0.15) is 0 Å². The molecule has 1 aromatic carbocycles. The first-order valence-electron chi connectivity index (χ1n) is 10.7. The van der Waals surface area contributed by atoms with Crippen LogP contribution in [0.5, 0.6) is 5.75 Å². The summed E-state index contributed by atoms with van der Waals surface area (Å²) in [4.78, 5) is 19.5. The fourth-order valence-electron chi connectivity index (χ4n) is 6.72. The molecular formula is C23H30N2O4. The standard InChI is InChI=1S/C23H30N2O4/c1-4-13-9-20-23(22(27)29-3)11-17(13)19(12-26)25(20)8-7-15-16-10-14(28-2)5-6-18(16)24-21(15)23/h5-6,10,13,17,19-20,24,26H,4,7-9,11-12H2,1-3H3/t13?,17-,19?,20-,23-/m0/s1. The van der Waals surface area contributed by atoms with E-state index >= 15 is 0 Å². The molecule has 6 rings (SSSR count). The van der Waals surface area contributed by atoms with Crippen molar-refractivity contribution >= 4 is 16.9 Å². The molecule has 156 valence electrons. The largest absolute Gasteiger partial charge is 0.497 e. The summed E-state index contributed by atoms with van der Waals surface area (Å²) >= 11 is 0. The molecule has 1 aliphatic carbocycles. The zero-order chi connectivity index (χ0) is 20.3. The number of methoxy groups -OCH3 is 2. The zero-order valence-corrected chi connectivity index (χ0v) is 17.4. The molecule has 1 saturated carbocycles. The molecule has 0 spiro atoms. The summed E-state index contributed by atoms with van der Waals surface area (Å²) in [5, 5.41) is 11.4. The predicted molar refractivity (Wildman–Crippen MR) is 110 cm³/mol. The Kier molecular flexibility index (Phi) is 4.40. The second kappa shape index (κ2) is 6.74. The molecule has 1 aromatic heterocycles. The van der Waals surface area contributed by atoms with E-state index in [4.69, 9.17) is 9.47 Å². The Hall–Kier alpha value is -2.05. The van der Waals surface area contributed by atoms with Crippen LogP contribution in [-0.4, -0.2) is 60.4 Å². The molecule has 0 radical (unpaired) electrons. The number of carbonyl (C=O) groups excluding carboxylic acids is 1. The fourth-order valence-corrected chi connectivity index (χ4v) is 6.72. The third-order valence-electron chi connectivity index (χ3n) is 8.02. The number of ether oxygens (including phenoxy) is 2. The highest BCUT2D eigenvalue weighted by Crippen LogP contribution is 2.57. The van der Waals surface area contributed by atoms with Gasteiger partial charge < -0.3 is 19.6 Å². The topological polar surface area (TPSA) is 74.8 Å². The number of nitrogens with one attached hydrogen (secondary N) is 1. The first-order chi connectivity index (χ1) is 14.1. The number of aromatic amines is 1. The van der Waals surface area contributed by atoms with Crippen LogP contribution in [0.1, 0.15) is 37.4 Å². The molecule has 4 bridgehead atoms. The van der Waals surface area contributed by atoms with Gasteiger partial charge in [0.05, 0.1) is 20.8 Å². The normalized spacial score (nSPS) is 35.2. The van der Waals surface area contributed by atoms with E-state index in [-0.39, 0.29) is 24.7 Å². The second-order valence-corrected chi connectivity index (χ2v) is 8.88. The SMILES string of the molecule is CCC1C[C@@H]2N3CCc4c([nH]c5ccc(OC)cc45)[C@]2(C(=O)OC)C[C@@H]1C3CO.